The van der Waals surface area contributed by atoms with Crippen LogP contribution in [0.15, 0.2) is 24.3 Å². The van der Waals surface area contributed by atoms with Crippen LogP contribution in [0.2, 0.25) is 4.94 Å². The number of benzene rings is 1. The summed E-state index contributed by atoms with van der Waals surface area (Å²) in [5.74, 6) is 0. The van der Waals surface area contributed by atoms with Gasteiger partial charge in [-0.2, -0.15) is 0 Å². The van der Waals surface area contributed by atoms with Gasteiger partial charge in [0.05, 0.1) is 0 Å². The summed E-state index contributed by atoms with van der Waals surface area (Å²) in [5.41, 5.74) is 6.90. The summed E-state index contributed by atoms with van der Waals surface area (Å²) in [7, 11) is 0. The van der Waals surface area contributed by atoms with Gasteiger partial charge in [-0.3, -0.25) is 0 Å². The van der Waals surface area contributed by atoms with Gasteiger partial charge in [-0.05, 0) is 0 Å². The van der Waals surface area contributed by atoms with Gasteiger partial charge in [-0.1, -0.05) is 0 Å². The fraction of sp³-hybridized carbons (Fsp3) is 0.250. The Kier molecular flexibility index (Phi) is 3.22. The summed E-state index contributed by atoms with van der Waals surface area (Å²) < 4.78 is 1.54. The summed E-state index contributed by atoms with van der Waals surface area (Å²) in [4.78, 5) is 2.32. The van der Waals surface area contributed by atoms with E-state index in [9.17, 15) is 0 Å². The molecule has 0 unspecified atom stereocenters. The third-order valence-electron chi connectivity index (χ3n) is 1.51. The van der Waals surface area contributed by atoms with Gasteiger partial charge in [0.1, 0.15) is 0 Å². The van der Waals surface area contributed by atoms with E-state index in [-0.39, 0.29) is 21.1 Å². The van der Waals surface area contributed by atoms with Gasteiger partial charge in [0.2, 0.25) is 0 Å². The third-order valence-corrected chi connectivity index (χ3v) is 4.44. The number of hydrogen-bond acceptors (Lipinski definition) is 1. The Morgan fingerprint density at radius 3 is 2.60 bits per heavy atom. The van der Waals surface area contributed by atoms with Crippen molar-refractivity contribution < 1.29 is 0 Å². The molecule has 10 heavy (non-hydrogen) atoms. The summed E-state index contributed by atoms with van der Waals surface area (Å²) in [5, 5.41) is 0. The van der Waals surface area contributed by atoms with E-state index in [1.54, 1.807) is 0 Å². The molecule has 1 rings (SSSR count). The molecule has 0 aromatic heterocycles. The van der Waals surface area contributed by atoms with Crippen LogP contribution in [0, 0.1) is 0 Å². The van der Waals surface area contributed by atoms with Crippen LogP contribution in [0.1, 0.15) is 5.56 Å². The van der Waals surface area contributed by atoms with E-state index in [4.69, 9.17) is 5.73 Å². The molecule has 0 amide bonds. The molecule has 2 heteroatoms. The van der Waals surface area contributed by atoms with Crippen molar-refractivity contribution in [1.29, 1.82) is 0 Å². The third kappa shape index (κ3) is 1.73. The van der Waals surface area contributed by atoms with Crippen LogP contribution in [-0.4, -0.2) is 21.1 Å². The maximum atomic E-state index is 5.55. The van der Waals surface area contributed by atoms with Crippen LogP contribution in [0.4, 0.5) is 0 Å². The van der Waals surface area contributed by atoms with Gasteiger partial charge in [0.15, 0.2) is 0 Å². The summed E-state index contributed by atoms with van der Waals surface area (Å²) in [6, 6.07) is 8.48. The van der Waals surface area contributed by atoms with E-state index in [1.807, 2.05) is 0 Å². The van der Waals surface area contributed by atoms with Crippen molar-refractivity contribution in [3.8, 4) is 0 Å². The second-order valence-electron chi connectivity index (χ2n) is 2.11. The Hall–Kier alpha value is -0.0213. The van der Waals surface area contributed by atoms with Gasteiger partial charge >= 0.3 is 71.8 Å². The molecular weight excluding hydrogens is 229 g/mol. The predicted octanol–water partition coefficient (Wildman–Crippen LogP) is 0.523. The molecule has 1 nitrogen and oxygen atoms in total. The zero-order valence-electron chi connectivity index (χ0n) is 6.09. The van der Waals surface area contributed by atoms with E-state index in [2.05, 4.69) is 29.2 Å². The Balaban J connectivity index is 2.96. The fourth-order valence-electron chi connectivity index (χ4n) is 0.942. The molecule has 0 saturated heterocycles. The first-order valence-corrected chi connectivity index (χ1v) is 7.62. The van der Waals surface area contributed by atoms with E-state index < -0.39 is 0 Å². The van der Waals surface area contributed by atoms with E-state index in [0.29, 0.717) is 6.54 Å². The molecule has 2 radical (unpaired) electrons. The number of nitrogens with two attached hydrogens (primary N) is 1. The van der Waals surface area contributed by atoms with Crippen LogP contribution in [-0.2, 0) is 6.54 Å². The molecule has 0 aliphatic carbocycles. The summed E-state index contributed by atoms with van der Waals surface area (Å²) in [6.45, 7) is 0.699. The Labute approximate surface area is 71.8 Å². The second kappa shape index (κ2) is 3.98. The van der Waals surface area contributed by atoms with Gasteiger partial charge in [-0.25, -0.2) is 0 Å². The standard InChI is InChI=1S/C7H8N.CH3.Sn/c8-6-7-4-2-1-3-5-7;;/h1-4H,6,8H2;1H3;. The SMILES string of the molecule is [CH3][Sn][c]1ccccc1CN. The van der Waals surface area contributed by atoms with Crippen LogP contribution >= 0.6 is 0 Å². The van der Waals surface area contributed by atoms with Crippen molar-refractivity contribution in [3.05, 3.63) is 29.8 Å². The first kappa shape index (κ1) is 8.08. The van der Waals surface area contributed by atoms with Crippen LogP contribution < -0.4 is 9.31 Å². The Morgan fingerprint density at radius 1 is 1.40 bits per heavy atom. The minimum absolute atomic E-state index is 0.276. The van der Waals surface area contributed by atoms with Crippen LogP contribution in [0.25, 0.3) is 0 Å². The van der Waals surface area contributed by atoms with Crippen LogP contribution in [0.5, 0.6) is 0 Å². The van der Waals surface area contributed by atoms with Crippen molar-refractivity contribution in [2.45, 2.75) is 11.5 Å². The Morgan fingerprint density at radius 2 is 2.10 bits per heavy atom. The number of rotatable bonds is 2. The topological polar surface area (TPSA) is 26.0 Å². The monoisotopic (exact) mass is 241 g/mol. The van der Waals surface area contributed by atoms with E-state index in [1.165, 1.54) is 9.14 Å². The van der Waals surface area contributed by atoms with Crippen molar-refractivity contribution in [2.75, 3.05) is 0 Å². The normalized spacial score (nSPS) is 9.80. The molecule has 52 valence electrons. The van der Waals surface area contributed by atoms with Crippen molar-refractivity contribution >= 4 is 24.7 Å². The molecule has 0 atom stereocenters. The zero-order chi connectivity index (χ0) is 7.40. The van der Waals surface area contributed by atoms with Crippen LogP contribution in [0.3, 0.4) is 0 Å². The average molecular weight is 240 g/mol. The van der Waals surface area contributed by atoms with Crippen molar-refractivity contribution in [3.63, 3.8) is 0 Å². The molecule has 1 aromatic carbocycles. The fourth-order valence-corrected chi connectivity index (χ4v) is 3.14. The van der Waals surface area contributed by atoms with E-state index >= 15 is 0 Å². The van der Waals surface area contributed by atoms with E-state index in [0.717, 1.165) is 0 Å². The molecular formula is C8H11NSn. The van der Waals surface area contributed by atoms with Gasteiger partial charge < -0.3 is 0 Å². The molecule has 0 saturated carbocycles. The molecule has 0 bridgehead atoms. The first-order valence-electron chi connectivity index (χ1n) is 3.34. The van der Waals surface area contributed by atoms with Gasteiger partial charge in [0, 0.05) is 0 Å². The summed E-state index contributed by atoms with van der Waals surface area (Å²) in [6.07, 6.45) is 0. The quantitative estimate of drug-likeness (QED) is 0.749. The van der Waals surface area contributed by atoms with Crippen molar-refractivity contribution in [2.24, 2.45) is 5.73 Å². The zero-order valence-corrected chi connectivity index (χ0v) is 8.95. The predicted molar refractivity (Wildman–Crippen MR) is 45.6 cm³/mol. The molecule has 2 N–H and O–H groups in total. The molecule has 0 heterocycles. The molecule has 1 aromatic rings. The first-order chi connectivity index (χ1) is 4.88. The van der Waals surface area contributed by atoms with Gasteiger partial charge in [-0.15, -0.1) is 0 Å². The molecule has 0 aliphatic rings. The average Bonchev–Trinajstić information content (AvgIpc) is 2.04. The van der Waals surface area contributed by atoms with Crippen molar-refractivity contribution in [1.82, 2.24) is 0 Å². The van der Waals surface area contributed by atoms with Gasteiger partial charge in [0.25, 0.3) is 0 Å². The Bertz CT molecular complexity index is 187. The molecule has 0 spiro atoms. The molecule has 0 aliphatic heterocycles. The second-order valence-corrected chi connectivity index (χ2v) is 5.08. The minimum atomic E-state index is -0.276. The summed E-state index contributed by atoms with van der Waals surface area (Å²) >= 11 is -0.276. The number of hydrogen-bond donors (Lipinski definition) is 1. The molecule has 0 fully saturated rings. The maximum absolute atomic E-state index is 5.55.